The molecular formula is C22H27BIN4O3P. The number of morpholine rings is 1. The first-order valence-corrected chi connectivity index (χ1v) is 14.9. The molecule has 0 spiro atoms. The van der Waals surface area contributed by atoms with Crippen LogP contribution in [0.25, 0.3) is 22.2 Å². The summed E-state index contributed by atoms with van der Waals surface area (Å²) in [7, 11) is -0.399. The minimum atomic E-state index is -0.399. The average Bonchev–Trinajstić information content (AvgIpc) is 3.27. The van der Waals surface area contributed by atoms with Crippen molar-refractivity contribution in [3.05, 3.63) is 36.5 Å². The molecule has 0 amide bonds. The average molecular weight is 564 g/mol. The second kappa shape index (κ2) is 8.51. The van der Waals surface area contributed by atoms with Gasteiger partial charge in [0.1, 0.15) is 11.5 Å². The van der Waals surface area contributed by atoms with E-state index >= 15 is 0 Å². The standard InChI is InChI=1S/C22H27BIN4O3P/c1-21(2)22(3,4)31-23(30-21)16-5-6-18-17(14-16)20(26-28(18)32-24)15-7-8-25-19(13-15)27-9-11-29-12-10-27/h5-8,13-14,32H,9-12H2,1-4H3. The quantitative estimate of drug-likeness (QED) is 0.271. The highest BCUT2D eigenvalue weighted by Crippen LogP contribution is 2.38. The molecule has 0 saturated carbocycles. The van der Waals surface area contributed by atoms with Crippen LogP contribution in [0.5, 0.6) is 0 Å². The Morgan fingerprint density at radius 2 is 1.75 bits per heavy atom. The number of anilines is 1. The number of benzene rings is 1. The van der Waals surface area contributed by atoms with Crippen molar-refractivity contribution < 1.29 is 14.0 Å². The first-order valence-electron chi connectivity index (χ1n) is 10.8. The molecule has 0 bridgehead atoms. The second-order valence-corrected chi connectivity index (χ2v) is 11.3. The van der Waals surface area contributed by atoms with E-state index in [9.17, 15) is 0 Å². The summed E-state index contributed by atoms with van der Waals surface area (Å²) in [6.45, 7) is 11.5. The zero-order valence-corrected chi connectivity index (χ0v) is 21.9. The summed E-state index contributed by atoms with van der Waals surface area (Å²) < 4.78 is 20.2. The van der Waals surface area contributed by atoms with Gasteiger partial charge in [0, 0.05) is 30.2 Å². The maximum absolute atomic E-state index is 6.30. The van der Waals surface area contributed by atoms with Crippen molar-refractivity contribution in [3.8, 4) is 11.3 Å². The zero-order chi connectivity index (χ0) is 22.5. The van der Waals surface area contributed by atoms with Gasteiger partial charge in [-0.15, -0.1) is 0 Å². The van der Waals surface area contributed by atoms with Crippen LogP contribution in [0.15, 0.2) is 36.5 Å². The molecule has 1 atom stereocenters. The largest absolute Gasteiger partial charge is 0.494 e. The van der Waals surface area contributed by atoms with Crippen molar-refractivity contribution in [1.29, 1.82) is 0 Å². The third-order valence-electron chi connectivity index (χ3n) is 6.66. The molecule has 10 heteroatoms. The molecule has 2 fully saturated rings. The summed E-state index contributed by atoms with van der Waals surface area (Å²) in [5.41, 5.74) is 3.39. The van der Waals surface area contributed by atoms with Crippen molar-refractivity contribution in [2.75, 3.05) is 31.2 Å². The van der Waals surface area contributed by atoms with E-state index in [0.717, 1.165) is 59.7 Å². The Kier molecular flexibility index (Phi) is 5.99. The van der Waals surface area contributed by atoms with E-state index in [1.54, 1.807) is 0 Å². The van der Waals surface area contributed by atoms with Gasteiger partial charge in [0.2, 0.25) is 0 Å². The lowest BCUT2D eigenvalue weighted by atomic mass is 9.78. The van der Waals surface area contributed by atoms with Gasteiger partial charge < -0.3 is 18.9 Å². The van der Waals surface area contributed by atoms with Gasteiger partial charge in [0.15, 0.2) is 0 Å². The van der Waals surface area contributed by atoms with Gasteiger partial charge in [0.25, 0.3) is 0 Å². The van der Waals surface area contributed by atoms with Crippen molar-refractivity contribution in [1.82, 2.24) is 14.5 Å². The fraction of sp³-hybridized carbons (Fsp3) is 0.455. The summed E-state index contributed by atoms with van der Waals surface area (Å²) >= 11 is 2.38. The number of aromatic nitrogens is 3. The molecule has 2 aliphatic rings. The van der Waals surface area contributed by atoms with Crippen LogP contribution in [0.1, 0.15) is 27.7 Å². The molecule has 2 saturated heterocycles. The second-order valence-electron chi connectivity index (χ2n) is 9.21. The molecule has 1 unspecified atom stereocenters. The molecule has 1 aromatic carbocycles. The van der Waals surface area contributed by atoms with Gasteiger partial charge >= 0.3 is 7.12 Å². The fourth-order valence-corrected chi connectivity index (χ4v) is 5.60. The predicted octanol–water partition coefficient (Wildman–Crippen LogP) is 4.03. The number of hydrogen-bond acceptors (Lipinski definition) is 6. The Hall–Kier alpha value is -1.26. The summed E-state index contributed by atoms with van der Waals surface area (Å²) in [5.74, 6) is 0.965. The topological polar surface area (TPSA) is 61.6 Å². The van der Waals surface area contributed by atoms with Crippen LogP contribution in [0.3, 0.4) is 0 Å². The summed E-state index contributed by atoms with van der Waals surface area (Å²) in [6, 6.07) is 10.6. The lowest BCUT2D eigenvalue weighted by Gasteiger charge is -2.32. The van der Waals surface area contributed by atoms with Crippen LogP contribution in [-0.2, 0) is 14.0 Å². The van der Waals surface area contributed by atoms with Crippen molar-refractivity contribution >= 4 is 57.7 Å². The Bertz CT molecular complexity index is 1130. The van der Waals surface area contributed by atoms with Crippen molar-refractivity contribution in [2.24, 2.45) is 0 Å². The van der Waals surface area contributed by atoms with E-state index in [-0.39, 0.29) is 11.2 Å². The molecule has 0 N–H and O–H groups in total. The number of pyridine rings is 1. The van der Waals surface area contributed by atoms with E-state index < -0.39 is 7.12 Å². The monoisotopic (exact) mass is 564 g/mol. The number of ether oxygens (including phenoxy) is 1. The van der Waals surface area contributed by atoms with Crippen molar-refractivity contribution in [3.63, 3.8) is 0 Å². The lowest BCUT2D eigenvalue weighted by Crippen LogP contribution is -2.41. The van der Waals surface area contributed by atoms with Gasteiger partial charge in [-0.3, -0.25) is 0 Å². The van der Waals surface area contributed by atoms with Gasteiger partial charge in [-0.25, -0.2) is 9.44 Å². The molecule has 0 radical (unpaired) electrons. The lowest BCUT2D eigenvalue weighted by molar-refractivity contribution is 0.00578. The maximum Gasteiger partial charge on any atom is 0.494 e. The third kappa shape index (κ3) is 3.96. The molecule has 32 heavy (non-hydrogen) atoms. The first kappa shape index (κ1) is 22.5. The third-order valence-corrected chi connectivity index (χ3v) is 8.54. The molecule has 2 aromatic heterocycles. The van der Waals surface area contributed by atoms with Crippen LogP contribution >= 0.6 is 28.4 Å². The van der Waals surface area contributed by atoms with Gasteiger partial charge in [-0.05, 0) is 73.4 Å². The van der Waals surface area contributed by atoms with Gasteiger partial charge in [-0.2, -0.15) is 5.10 Å². The molecule has 3 aromatic rings. The number of halogens is 1. The smallest absolute Gasteiger partial charge is 0.399 e. The van der Waals surface area contributed by atoms with E-state index in [1.807, 2.05) is 12.3 Å². The van der Waals surface area contributed by atoms with Crippen LogP contribution in [0.4, 0.5) is 5.82 Å². The predicted molar refractivity (Wildman–Crippen MR) is 139 cm³/mol. The Labute approximate surface area is 203 Å². The number of rotatable bonds is 4. The van der Waals surface area contributed by atoms with Crippen LogP contribution in [0.2, 0.25) is 0 Å². The van der Waals surface area contributed by atoms with Gasteiger partial charge in [-0.1, -0.05) is 12.1 Å². The molecule has 4 heterocycles. The molecule has 2 aliphatic heterocycles. The fourth-order valence-electron chi connectivity index (χ4n) is 4.07. The Morgan fingerprint density at radius 1 is 1.03 bits per heavy atom. The number of nitrogens with zero attached hydrogens (tertiary/aromatic N) is 4. The van der Waals surface area contributed by atoms with E-state index in [4.69, 9.17) is 19.1 Å². The normalized spacial score (nSPS) is 20.7. The number of fused-ring (bicyclic) bond motifs is 1. The molecule has 0 aliphatic carbocycles. The summed E-state index contributed by atoms with van der Waals surface area (Å²) in [5, 5.41) is 6.06. The highest BCUT2D eigenvalue weighted by molar-refractivity contribution is 14.2. The zero-order valence-electron chi connectivity index (χ0n) is 18.8. The van der Waals surface area contributed by atoms with E-state index in [2.05, 4.69) is 88.3 Å². The van der Waals surface area contributed by atoms with Crippen LogP contribution in [0, 0.1) is 0 Å². The van der Waals surface area contributed by atoms with Crippen LogP contribution in [-0.4, -0.2) is 59.2 Å². The van der Waals surface area contributed by atoms with Gasteiger partial charge in [0.05, 0.1) is 36.3 Å². The highest BCUT2D eigenvalue weighted by Gasteiger charge is 2.51. The summed E-state index contributed by atoms with van der Waals surface area (Å²) in [4.78, 5) is 6.87. The minimum absolute atomic E-state index is 0.374. The summed E-state index contributed by atoms with van der Waals surface area (Å²) in [6.07, 6.45) is 2.38. The Balaban J connectivity index is 1.56. The van der Waals surface area contributed by atoms with Crippen LogP contribution < -0.4 is 10.4 Å². The molecule has 5 rings (SSSR count). The highest BCUT2D eigenvalue weighted by atomic mass is 127. The minimum Gasteiger partial charge on any atom is -0.399 e. The van der Waals surface area contributed by atoms with Crippen molar-refractivity contribution in [2.45, 2.75) is 38.9 Å². The molecule has 168 valence electrons. The van der Waals surface area contributed by atoms with E-state index in [1.165, 1.54) is 0 Å². The van der Waals surface area contributed by atoms with E-state index in [0.29, 0.717) is 6.37 Å². The SMILES string of the molecule is CC1(C)OB(c2ccc3c(c2)c(-c2ccnc(N4CCOCC4)c2)nn3PI)OC1(C)C. The first-order chi connectivity index (χ1) is 15.3. The maximum atomic E-state index is 6.30. The Morgan fingerprint density at radius 3 is 2.44 bits per heavy atom. The number of hydrogen-bond donors (Lipinski definition) is 0. The molecular weight excluding hydrogens is 537 g/mol. The molecule has 7 nitrogen and oxygen atoms in total.